The van der Waals surface area contributed by atoms with E-state index in [0.29, 0.717) is 18.5 Å². The van der Waals surface area contributed by atoms with Gasteiger partial charge in [-0.3, -0.25) is 25.1 Å². The van der Waals surface area contributed by atoms with E-state index in [4.69, 9.17) is 0 Å². The third kappa shape index (κ3) is 3.93. The second-order valence-corrected chi connectivity index (χ2v) is 9.50. The minimum absolute atomic E-state index is 0.0596. The van der Waals surface area contributed by atoms with Crippen molar-refractivity contribution in [3.63, 3.8) is 0 Å². The van der Waals surface area contributed by atoms with Gasteiger partial charge in [-0.1, -0.05) is 12.1 Å². The Morgan fingerprint density at radius 2 is 1.66 bits per heavy atom. The van der Waals surface area contributed by atoms with Gasteiger partial charge < -0.3 is 0 Å². The molecule has 4 aliphatic carbocycles. The number of carbonyl (C=O) groups is 2. The fraction of sp³-hybridized carbons (Fsp3) is 0.522. The summed E-state index contributed by atoms with van der Waals surface area (Å²) in [4.78, 5) is 25.0. The highest BCUT2D eigenvalue weighted by Crippen LogP contribution is 2.61. The Balaban J connectivity index is 1.13. The zero-order valence-electron chi connectivity index (χ0n) is 16.6. The SMILES string of the molecule is O=C(CC12CC3CC(CC(C3)C1)C2)NNC(=O)c1ccc(Cn2cccn2)cc1. The van der Waals surface area contributed by atoms with Gasteiger partial charge in [-0.2, -0.15) is 5.10 Å². The fourth-order valence-corrected chi connectivity index (χ4v) is 6.43. The van der Waals surface area contributed by atoms with Crippen molar-refractivity contribution in [3.05, 3.63) is 53.9 Å². The van der Waals surface area contributed by atoms with Crippen LogP contribution in [0.2, 0.25) is 0 Å². The number of hydrogen-bond acceptors (Lipinski definition) is 3. The van der Waals surface area contributed by atoms with Gasteiger partial charge in [0.05, 0.1) is 6.54 Å². The zero-order chi connectivity index (χ0) is 19.8. The predicted molar refractivity (Wildman–Crippen MR) is 109 cm³/mol. The van der Waals surface area contributed by atoms with E-state index < -0.39 is 0 Å². The van der Waals surface area contributed by atoms with Crippen LogP contribution in [0.15, 0.2) is 42.7 Å². The highest BCUT2D eigenvalue weighted by atomic mass is 16.2. The second-order valence-electron chi connectivity index (χ2n) is 9.50. The highest BCUT2D eigenvalue weighted by molar-refractivity contribution is 5.95. The molecule has 29 heavy (non-hydrogen) atoms. The van der Waals surface area contributed by atoms with Gasteiger partial charge in [-0.25, -0.2) is 0 Å². The van der Waals surface area contributed by atoms with Crippen LogP contribution in [0.5, 0.6) is 0 Å². The molecule has 0 spiro atoms. The third-order valence-corrected chi connectivity index (χ3v) is 7.14. The Morgan fingerprint density at radius 1 is 1.00 bits per heavy atom. The molecule has 6 heteroatoms. The number of hydrazine groups is 1. The summed E-state index contributed by atoms with van der Waals surface area (Å²) < 4.78 is 1.83. The molecule has 6 nitrogen and oxygen atoms in total. The molecule has 1 aromatic carbocycles. The first kappa shape index (κ1) is 18.4. The maximum atomic E-state index is 12.6. The largest absolute Gasteiger partial charge is 0.273 e. The summed E-state index contributed by atoms with van der Waals surface area (Å²) in [7, 11) is 0. The Hall–Kier alpha value is -2.63. The van der Waals surface area contributed by atoms with Crippen LogP contribution in [0.25, 0.3) is 0 Å². The van der Waals surface area contributed by atoms with Crippen molar-refractivity contribution in [3.8, 4) is 0 Å². The van der Waals surface area contributed by atoms with Gasteiger partial charge in [-0.15, -0.1) is 0 Å². The lowest BCUT2D eigenvalue weighted by atomic mass is 9.49. The lowest BCUT2D eigenvalue weighted by molar-refractivity contribution is -0.130. The molecule has 0 unspecified atom stereocenters. The molecule has 0 aliphatic heterocycles. The molecule has 1 aromatic heterocycles. The van der Waals surface area contributed by atoms with Crippen LogP contribution >= 0.6 is 0 Å². The molecule has 4 aliphatic rings. The number of benzene rings is 1. The number of nitrogens with one attached hydrogen (secondary N) is 2. The molecular formula is C23H28N4O2. The maximum absolute atomic E-state index is 12.6. The number of amides is 2. The minimum atomic E-state index is -0.283. The molecule has 0 radical (unpaired) electrons. The Labute approximate surface area is 171 Å². The van der Waals surface area contributed by atoms with Crippen LogP contribution in [0.3, 0.4) is 0 Å². The van der Waals surface area contributed by atoms with E-state index in [-0.39, 0.29) is 17.2 Å². The van der Waals surface area contributed by atoms with E-state index in [1.54, 1.807) is 18.3 Å². The normalized spacial score (nSPS) is 29.6. The first-order valence-corrected chi connectivity index (χ1v) is 10.7. The van der Waals surface area contributed by atoms with Crippen LogP contribution in [0, 0.1) is 23.2 Å². The van der Waals surface area contributed by atoms with Crippen molar-refractivity contribution in [1.29, 1.82) is 0 Å². The number of hydrogen-bond donors (Lipinski definition) is 2. The van der Waals surface area contributed by atoms with Gasteiger partial charge in [0.1, 0.15) is 0 Å². The maximum Gasteiger partial charge on any atom is 0.269 e. The van der Waals surface area contributed by atoms with Crippen molar-refractivity contribution >= 4 is 11.8 Å². The van der Waals surface area contributed by atoms with E-state index in [0.717, 1.165) is 23.3 Å². The standard InChI is InChI=1S/C23H28N4O2/c28-21(14-23-11-17-8-18(12-23)10-19(9-17)13-23)25-26-22(29)20-4-2-16(3-5-20)15-27-7-1-6-24-27/h1-7,17-19H,8-15H2,(H,25,28)(H,26,29). The lowest BCUT2D eigenvalue weighted by Crippen LogP contribution is -2.50. The molecule has 0 atom stereocenters. The van der Waals surface area contributed by atoms with Gasteiger partial charge in [0.2, 0.25) is 5.91 Å². The summed E-state index contributed by atoms with van der Waals surface area (Å²) in [5, 5.41) is 4.18. The third-order valence-electron chi connectivity index (χ3n) is 7.14. The van der Waals surface area contributed by atoms with E-state index in [1.165, 1.54) is 38.5 Å². The van der Waals surface area contributed by atoms with Crippen molar-refractivity contribution in [1.82, 2.24) is 20.6 Å². The number of rotatable bonds is 5. The first-order chi connectivity index (χ1) is 14.1. The lowest BCUT2D eigenvalue weighted by Gasteiger charge is -2.56. The average Bonchev–Trinajstić information content (AvgIpc) is 3.18. The van der Waals surface area contributed by atoms with E-state index in [2.05, 4.69) is 16.0 Å². The smallest absolute Gasteiger partial charge is 0.269 e. The summed E-state index contributed by atoms with van der Waals surface area (Å²) in [6.45, 7) is 0.663. The number of aromatic nitrogens is 2. The van der Waals surface area contributed by atoms with E-state index in [9.17, 15) is 9.59 Å². The number of carbonyl (C=O) groups excluding carboxylic acids is 2. The Morgan fingerprint density at radius 3 is 2.24 bits per heavy atom. The van der Waals surface area contributed by atoms with Gasteiger partial charge >= 0.3 is 0 Å². The molecule has 2 aromatic rings. The quantitative estimate of drug-likeness (QED) is 0.767. The topological polar surface area (TPSA) is 76.0 Å². The molecule has 4 fully saturated rings. The monoisotopic (exact) mass is 392 g/mol. The summed E-state index contributed by atoms with van der Waals surface area (Å²) in [6.07, 6.45) is 11.9. The minimum Gasteiger partial charge on any atom is -0.273 e. The van der Waals surface area contributed by atoms with Crippen LogP contribution in [-0.2, 0) is 11.3 Å². The molecule has 152 valence electrons. The fourth-order valence-electron chi connectivity index (χ4n) is 6.43. The Bertz CT molecular complexity index is 853. The van der Waals surface area contributed by atoms with E-state index >= 15 is 0 Å². The van der Waals surface area contributed by atoms with Gasteiger partial charge in [-0.05, 0) is 85.5 Å². The van der Waals surface area contributed by atoms with Crippen molar-refractivity contribution < 1.29 is 9.59 Å². The van der Waals surface area contributed by atoms with Crippen molar-refractivity contribution in [2.75, 3.05) is 0 Å². The predicted octanol–water partition coefficient (Wildman–Crippen LogP) is 3.30. The molecule has 0 saturated heterocycles. The first-order valence-electron chi connectivity index (χ1n) is 10.7. The summed E-state index contributed by atoms with van der Waals surface area (Å²) in [5.74, 6) is 2.13. The molecule has 2 amide bonds. The Kier molecular flexibility index (Phi) is 4.64. The van der Waals surface area contributed by atoms with Crippen molar-refractivity contribution in [2.24, 2.45) is 23.2 Å². The van der Waals surface area contributed by atoms with Crippen LogP contribution < -0.4 is 10.9 Å². The molecule has 2 N–H and O–H groups in total. The summed E-state index contributed by atoms with van der Waals surface area (Å²) >= 11 is 0. The number of nitrogens with zero attached hydrogens (tertiary/aromatic N) is 2. The van der Waals surface area contributed by atoms with E-state index in [1.807, 2.05) is 29.1 Å². The van der Waals surface area contributed by atoms with Gasteiger partial charge in [0.25, 0.3) is 5.91 Å². The molecule has 6 rings (SSSR count). The van der Waals surface area contributed by atoms with Crippen LogP contribution in [0.1, 0.15) is 60.9 Å². The molecular weight excluding hydrogens is 364 g/mol. The molecule has 4 bridgehead atoms. The van der Waals surface area contributed by atoms with Gasteiger partial charge in [0.15, 0.2) is 0 Å². The van der Waals surface area contributed by atoms with Crippen LogP contribution in [-0.4, -0.2) is 21.6 Å². The zero-order valence-corrected chi connectivity index (χ0v) is 16.6. The van der Waals surface area contributed by atoms with Gasteiger partial charge in [0, 0.05) is 24.4 Å². The average molecular weight is 393 g/mol. The second kappa shape index (κ2) is 7.32. The van der Waals surface area contributed by atoms with Crippen molar-refractivity contribution in [2.45, 2.75) is 51.5 Å². The van der Waals surface area contributed by atoms with Crippen LogP contribution in [0.4, 0.5) is 0 Å². The summed E-state index contributed by atoms with van der Waals surface area (Å²) in [5.41, 5.74) is 7.02. The molecule has 4 saturated carbocycles. The molecule has 1 heterocycles. The highest BCUT2D eigenvalue weighted by Gasteiger charge is 2.51. The summed E-state index contributed by atoms with van der Waals surface area (Å²) in [6, 6.07) is 9.26.